The summed E-state index contributed by atoms with van der Waals surface area (Å²) in [6.45, 7) is 5.76. The van der Waals surface area contributed by atoms with Gasteiger partial charge in [0, 0.05) is 26.1 Å². The van der Waals surface area contributed by atoms with Crippen LogP contribution in [-0.2, 0) is 11.2 Å². The molecule has 1 heterocycles. The van der Waals surface area contributed by atoms with Crippen LogP contribution in [-0.4, -0.2) is 36.8 Å². The largest absolute Gasteiger partial charge is 0.475 e. The number of nitrogens with zero attached hydrogens (tertiary/aromatic N) is 2. The molecular weight excluding hydrogens is 206 g/mol. The first kappa shape index (κ1) is 12.7. The highest BCUT2D eigenvalue weighted by Gasteiger charge is 2.03. The van der Waals surface area contributed by atoms with E-state index in [9.17, 15) is 0 Å². The molecule has 0 aliphatic carbocycles. The van der Waals surface area contributed by atoms with Crippen molar-refractivity contribution in [1.82, 2.24) is 9.97 Å². The summed E-state index contributed by atoms with van der Waals surface area (Å²) >= 11 is 0. The summed E-state index contributed by atoms with van der Waals surface area (Å²) in [6.07, 6.45) is 0.789. The normalized spacial score (nSPS) is 10.2. The lowest BCUT2D eigenvalue weighted by molar-refractivity contribution is 0.108. The van der Waals surface area contributed by atoms with E-state index in [1.165, 1.54) is 0 Å². The van der Waals surface area contributed by atoms with Crippen molar-refractivity contribution in [1.29, 1.82) is 0 Å². The molecule has 0 bridgehead atoms. The predicted octanol–water partition coefficient (Wildman–Crippen LogP) is 1.50. The summed E-state index contributed by atoms with van der Waals surface area (Å²) in [5, 5.41) is 2.98. The summed E-state index contributed by atoms with van der Waals surface area (Å²) in [6, 6.07) is 1.78. The summed E-state index contributed by atoms with van der Waals surface area (Å²) in [7, 11) is 1.83. The van der Waals surface area contributed by atoms with Crippen molar-refractivity contribution in [2.24, 2.45) is 0 Å². The average molecular weight is 225 g/mol. The van der Waals surface area contributed by atoms with Gasteiger partial charge in [0.2, 0.25) is 5.88 Å². The molecule has 5 nitrogen and oxygen atoms in total. The molecule has 0 unspecified atom stereocenters. The third-order valence-corrected chi connectivity index (χ3v) is 2.00. The Hall–Kier alpha value is -1.36. The number of rotatable bonds is 7. The summed E-state index contributed by atoms with van der Waals surface area (Å²) < 4.78 is 10.7. The molecule has 1 N–H and O–H groups in total. The van der Waals surface area contributed by atoms with Gasteiger partial charge >= 0.3 is 0 Å². The van der Waals surface area contributed by atoms with Crippen LogP contribution in [0.5, 0.6) is 5.88 Å². The number of ether oxygens (including phenoxy) is 2. The molecule has 1 aromatic rings. The van der Waals surface area contributed by atoms with Gasteiger partial charge in [0.05, 0.1) is 6.61 Å². The molecule has 0 aliphatic heterocycles. The van der Waals surface area contributed by atoms with Crippen molar-refractivity contribution < 1.29 is 9.47 Å². The van der Waals surface area contributed by atoms with Gasteiger partial charge in [0.25, 0.3) is 0 Å². The predicted molar refractivity (Wildman–Crippen MR) is 62.9 cm³/mol. The first-order valence-electron chi connectivity index (χ1n) is 5.56. The van der Waals surface area contributed by atoms with Crippen LogP contribution in [0, 0.1) is 0 Å². The zero-order valence-electron chi connectivity index (χ0n) is 10.1. The van der Waals surface area contributed by atoms with E-state index < -0.39 is 0 Å². The maximum absolute atomic E-state index is 5.48. The van der Waals surface area contributed by atoms with Crippen LogP contribution in [0.15, 0.2) is 6.07 Å². The van der Waals surface area contributed by atoms with E-state index in [1.54, 1.807) is 6.07 Å². The summed E-state index contributed by atoms with van der Waals surface area (Å²) in [4.78, 5) is 8.55. The van der Waals surface area contributed by atoms with Gasteiger partial charge in [-0.15, -0.1) is 0 Å². The van der Waals surface area contributed by atoms with E-state index in [-0.39, 0.29) is 0 Å². The standard InChI is InChI=1S/C11H19N3O2/c1-4-9-13-10(12-3)8-11(14-9)16-7-6-15-5-2/h8H,4-7H2,1-3H3,(H,12,13,14). The molecule has 0 saturated carbocycles. The SMILES string of the molecule is CCOCCOc1cc(NC)nc(CC)n1. The fourth-order valence-electron chi connectivity index (χ4n) is 1.18. The quantitative estimate of drug-likeness (QED) is 0.713. The second-order valence-electron chi connectivity index (χ2n) is 3.16. The van der Waals surface area contributed by atoms with Crippen LogP contribution in [0.1, 0.15) is 19.7 Å². The Balaban J connectivity index is 2.57. The molecule has 1 aromatic heterocycles. The van der Waals surface area contributed by atoms with E-state index in [0.717, 1.165) is 18.1 Å². The maximum atomic E-state index is 5.48. The van der Waals surface area contributed by atoms with Crippen LogP contribution < -0.4 is 10.1 Å². The van der Waals surface area contributed by atoms with Crippen molar-refractivity contribution in [2.75, 3.05) is 32.2 Å². The second kappa shape index (κ2) is 7.00. The van der Waals surface area contributed by atoms with Crippen LogP contribution in [0.25, 0.3) is 0 Å². The Morgan fingerprint density at radius 1 is 1.25 bits per heavy atom. The van der Waals surface area contributed by atoms with Gasteiger partial charge in [-0.1, -0.05) is 6.92 Å². The Kier molecular flexibility index (Phi) is 5.56. The van der Waals surface area contributed by atoms with Crippen molar-refractivity contribution in [3.8, 4) is 5.88 Å². The number of anilines is 1. The summed E-state index contributed by atoms with van der Waals surface area (Å²) in [5.41, 5.74) is 0. The van der Waals surface area contributed by atoms with E-state index in [0.29, 0.717) is 25.7 Å². The van der Waals surface area contributed by atoms with E-state index in [2.05, 4.69) is 15.3 Å². The monoisotopic (exact) mass is 225 g/mol. The minimum absolute atomic E-state index is 0.511. The van der Waals surface area contributed by atoms with Gasteiger partial charge < -0.3 is 14.8 Å². The Morgan fingerprint density at radius 2 is 2.06 bits per heavy atom. The van der Waals surface area contributed by atoms with Gasteiger partial charge in [0.15, 0.2) is 0 Å². The fraction of sp³-hybridized carbons (Fsp3) is 0.636. The molecule has 0 atom stereocenters. The second-order valence-corrected chi connectivity index (χ2v) is 3.16. The molecule has 16 heavy (non-hydrogen) atoms. The Bertz CT molecular complexity index is 296. The molecule has 1 rings (SSSR count). The minimum Gasteiger partial charge on any atom is -0.475 e. The number of hydrogen-bond donors (Lipinski definition) is 1. The van der Waals surface area contributed by atoms with Crippen LogP contribution in [0.3, 0.4) is 0 Å². The molecule has 0 radical (unpaired) electrons. The number of hydrogen-bond acceptors (Lipinski definition) is 5. The first-order chi connectivity index (χ1) is 7.80. The number of aromatic nitrogens is 2. The molecule has 0 spiro atoms. The maximum Gasteiger partial charge on any atom is 0.218 e. The van der Waals surface area contributed by atoms with E-state index in [1.807, 2.05) is 20.9 Å². The Morgan fingerprint density at radius 3 is 2.69 bits per heavy atom. The van der Waals surface area contributed by atoms with Crippen molar-refractivity contribution >= 4 is 5.82 Å². The van der Waals surface area contributed by atoms with Gasteiger partial charge in [-0.25, -0.2) is 4.98 Å². The average Bonchev–Trinajstić information content (AvgIpc) is 2.34. The van der Waals surface area contributed by atoms with Crippen LogP contribution in [0.4, 0.5) is 5.82 Å². The first-order valence-corrected chi connectivity index (χ1v) is 5.56. The third kappa shape index (κ3) is 4.02. The Labute approximate surface area is 96.2 Å². The summed E-state index contributed by atoms with van der Waals surface area (Å²) in [5.74, 6) is 2.15. The van der Waals surface area contributed by atoms with Crippen LogP contribution in [0.2, 0.25) is 0 Å². The lowest BCUT2D eigenvalue weighted by Crippen LogP contribution is -2.09. The molecule has 90 valence electrons. The van der Waals surface area contributed by atoms with E-state index in [4.69, 9.17) is 9.47 Å². The van der Waals surface area contributed by atoms with Gasteiger partial charge in [-0.2, -0.15) is 4.98 Å². The van der Waals surface area contributed by atoms with Crippen molar-refractivity contribution in [3.63, 3.8) is 0 Å². The molecule has 0 saturated heterocycles. The molecule has 0 fully saturated rings. The van der Waals surface area contributed by atoms with Gasteiger partial charge in [-0.3, -0.25) is 0 Å². The van der Waals surface area contributed by atoms with E-state index >= 15 is 0 Å². The fourth-order valence-corrected chi connectivity index (χ4v) is 1.18. The highest BCUT2D eigenvalue weighted by atomic mass is 16.5. The lowest BCUT2D eigenvalue weighted by atomic mass is 10.4. The molecule has 0 amide bonds. The highest BCUT2D eigenvalue weighted by molar-refractivity contribution is 5.37. The van der Waals surface area contributed by atoms with Gasteiger partial charge in [0.1, 0.15) is 18.2 Å². The molecule has 0 aromatic carbocycles. The zero-order valence-corrected chi connectivity index (χ0v) is 10.1. The minimum atomic E-state index is 0.511. The van der Waals surface area contributed by atoms with Crippen molar-refractivity contribution in [2.45, 2.75) is 20.3 Å². The zero-order chi connectivity index (χ0) is 11.8. The smallest absolute Gasteiger partial charge is 0.218 e. The van der Waals surface area contributed by atoms with Gasteiger partial charge in [-0.05, 0) is 6.92 Å². The highest BCUT2D eigenvalue weighted by Crippen LogP contribution is 2.13. The number of aryl methyl sites for hydroxylation is 1. The topological polar surface area (TPSA) is 56.3 Å². The molecule has 0 aliphatic rings. The number of nitrogens with one attached hydrogen (secondary N) is 1. The molecule has 5 heteroatoms. The third-order valence-electron chi connectivity index (χ3n) is 2.00. The van der Waals surface area contributed by atoms with Crippen molar-refractivity contribution in [3.05, 3.63) is 11.9 Å². The lowest BCUT2D eigenvalue weighted by Gasteiger charge is -2.08. The molecular formula is C11H19N3O2. The van der Waals surface area contributed by atoms with Crippen LogP contribution >= 0.6 is 0 Å².